The first-order valence-corrected chi connectivity index (χ1v) is 20.2. The molecule has 5 atom stereocenters. The molecule has 4 aliphatic rings. The number of hydrogen-bond donors (Lipinski definition) is 2. The SMILES string of the molecule is C[C@H]1[C@H]([Si](C)(C)O)[C@@H](CC(=O)N2Cc3ccccc3C[C@H]2CO)O[C@]12C(=O)N(Cc1ccc(N3CCCCC3=O)cc1)c1ccccc12. The number of aliphatic hydroxyl groups is 1. The summed E-state index contributed by atoms with van der Waals surface area (Å²) in [6.07, 6.45) is 2.39. The molecule has 48 heavy (non-hydrogen) atoms. The smallest absolute Gasteiger partial charge is 0.264 e. The average molecular weight is 668 g/mol. The van der Waals surface area contributed by atoms with Crippen molar-refractivity contribution in [1.82, 2.24) is 4.90 Å². The maximum atomic E-state index is 14.8. The third kappa shape index (κ3) is 5.48. The van der Waals surface area contributed by atoms with Crippen LogP contribution >= 0.6 is 0 Å². The fraction of sp³-hybridized carbons (Fsp3) is 0.447. The van der Waals surface area contributed by atoms with Crippen molar-refractivity contribution < 1.29 is 29.0 Å². The first-order chi connectivity index (χ1) is 23.0. The number of rotatable bonds is 7. The van der Waals surface area contributed by atoms with Crippen molar-refractivity contribution in [3.63, 3.8) is 0 Å². The molecule has 7 rings (SSSR count). The van der Waals surface area contributed by atoms with Crippen LogP contribution in [0.3, 0.4) is 0 Å². The lowest BCUT2D eigenvalue weighted by atomic mass is 9.82. The van der Waals surface area contributed by atoms with Gasteiger partial charge >= 0.3 is 0 Å². The summed E-state index contributed by atoms with van der Waals surface area (Å²) < 4.78 is 6.91. The second kappa shape index (κ2) is 12.6. The number of para-hydroxylation sites is 1. The number of nitrogens with zero attached hydrogens (tertiary/aromatic N) is 3. The minimum atomic E-state index is -2.97. The van der Waals surface area contributed by atoms with E-state index in [0.29, 0.717) is 25.9 Å². The van der Waals surface area contributed by atoms with E-state index < -0.39 is 20.0 Å². The van der Waals surface area contributed by atoms with E-state index in [1.165, 1.54) is 0 Å². The summed E-state index contributed by atoms with van der Waals surface area (Å²) >= 11 is 0. The van der Waals surface area contributed by atoms with Gasteiger partial charge in [-0.1, -0.05) is 61.5 Å². The van der Waals surface area contributed by atoms with Crippen LogP contribution in [0.2, 0.25) is 18.6 Å². The fourth-order valence-corrected chi connectivity index (χ4v) is 11.3. The molecule has 2 N–H and O–H groups in total. The lowest BCUT2D eigenvalue weighted by Crippen LogP contribution is -2.48. The highest BCUT2D eigenvalue weighted by atomic mass is 28.4. The number of carbonyl (C=O) groups excluding carboxylic acids is 3. The largest absolute Gasteiger partial charge is 0.432 e. The molecular weight excluding hydrogens is 623 g/mol. The Kier molecular flexibility index (Phi) is 8.56. The Bertz CT molecular complexity index is 1720. The molecule has 1 spiro atoms. The Labute approximate surface area is 283 Å². The zero-order valence-corrected chi connectivity index (χ0v) is 29.0. The first kappa shape index (κ1) is 32.7. The van der Waals surface area contributed by atoms with Crippen molar-refractivity contribution in [2.75, 3.05) is 23.0 Å². The predicted octanol–water partition coefficient (Wildman–Crippen LogP) is 4.88. The van der Waals surface area contributed by atoms with E-state index in [-0.39, 0.29) is 48.3 Å². The first-order valence-electron chi connectivity index (χ1n) is 17.2. The van der Waals surface area contributed by atoms with Crippen molar-refractivity contribution >= 4 is 37.4 Å². The monoisotopic (exact) mass is 667 g/mol. The third-order valence-corrected chi connectivity index (χ3v) is 13.6. The summed E-state index contributed by atoms with van der Waals surface area (Å²) in [5.41, 5.74) is 3.79. The van der Waals surface area contributed by atoms with Crippen molar-refractivity contribution in [2.45, 2.75) is 88.5 Å². The van der Waals surface area contributed by atoms with Crippen LogP contribution in [-0.4, -0.2) is 66.1 Å². The van der Waals surface area contributed by atoms with Gasteiger partial charge in [-0.3, -0.25) is 14.4 Å². The molecule has 10 heteroatoms. The molecule has 4 aliphatic heterocycles. The van der Waals surface area contributed by atoms with Gasteiger partial charge in [-0.2, -0.15) is 0 Å². The van der Waals surface area contributed by atoms with Gasteiger partial charge in [0.2, 0.25) is 11.8 Å². The van der Waals surface area contributed by atoms with Gasteiger partial charge < -0.3 is 29.3 Å². The zero-order chi connectivity index (χ0) is 33.8. The van der Waals surface area contributed by atoms with Crippen LogP contribution in [0.1, 0.15) is 54.9 Å². The van der Waals surface area contributed by atoms with E-state index in [9.17, 15) is 24.3 Å². The van der Waals surface area contributed by atoms with Gasteiger partial charge in [0, 0.05) is 42.2 Å². The highest BCUT2D eigenvalue weighted by Gasteiger charge is 2.66. The summed E-state index contributed by atoms with van der Waals surface area (Å²) in [7, 11) is -2.97. The van der Waals surface area contributed by atoms with Crippen molar-refractivity contribution in [2.24, 2.45) is 5.92 Å². The third-order valence-electron chi connectivity index (χ3n) is 11.1. The molecular formula is C38H45N3O6Si. The van der Waals surface area contributed by atoms with Crippen LogP contribution in [0.4, 0.5) is 11.4 Å². The molecule has 2 saturated heterocycles. The Balaban J connectivity index is 1.17. The normalized spacial score (nSPS) is 27.1. The molecule has 0 bridgehead atoms. The van der Waals surface area contributed by atoms with Gasteiger partial charge in [0.1, 0.15) is 0 Å². The van der Waals surface area contributed by atoms with Gasteiger partial charge in [0.25, 0.3) is 5.91 Å². The molecule has 0 aromatic heterocycles. The number of benzene rings is 3. The quantitative estimate of drug-likeness (QED) is 0.348. The van der Waals surface area contributed by atoms with Crippen LogP contribution in [-0.2, 0) is 44.2 Å². The number of aliphatic hydroxyl groups excluding tert-OH is 1. The molecule has 3 amide bonds. The fourth-order valence-electron chi connectivity index (χ4n) is 8.76. The molecule has 0 unspecified atom stereocenters. The van der Waals surface area contributed by atoms with Gasteiger partial charge in [0.15, 0.2) is 13.9 Å². The summed E-state index contributed by atoms with van der Waals surface area (Å²) in [6.45, 7) is 7.00. The number of piperidine rings is 1. The average Bonchev–Trinajstić information content (AvgIpc) is 3.50. The van der Waals surface area contributed by atoms with Crippen LogP contribution in [0.25, 0.3) is 0 Å². The molecule has 4 heterocycles. The maximum Gasteiger partial charge on any atom is 0.264 e. The van der Waals surface area contributed by atoms with Crippen molar-refractivity contribution in [3.05, 3.63) is 95.1 Å². The van der Waals surface area contributed by atoms with Gasteiger partial charge in [-0.25, -0.2) is 0 Å². The zero-order valence-electron chi connectivity index (χ0n) is 28.0. The molecule has 0 radical (unpaired) electrons. The number of carbonyl (C=O) groups is 3. The Hall–Kier alpha value is -3.83. The topological polar surface area (TPSA) is 111 Å². The Morgan fingerprint density at radius 2 is 1.69 bits per heavy atom. The minimum Gasteiger partial charge on any atom is -0.432 e. The second-order valence-electron chi connectivity index (χ2n) is 14.5. The predicted molar refractivity (Wildman–Crippen MR) is 186 cm³/mol. The summed E-state index contributed by atoms with van der Waals surface area (Å²) in [6, 6.07) is 23.2. The van der Waals surface area contributed by atoms with Crippen LogP contribution in [0, 0.1) is 5.92 Å². The summed E-state index contributed by atoms with van der Waals surface area (Å²) in [4.78, 5) is 58.3. The van der Waals surface area contributed by atoms with Gasteiger partial charge in [0.05, 0.1) is 37.4 Å². The summed E-state index contributed by atoms with van der Waals surface area (Å²) in [5, 5.41) is 10.2. The second-order valence-corrected chi connectivity index (χ2v) is 18.4. The molecule has 0 aliphatic carbocycles. The lowest BCUT2D eigenvalue weighted by molar-refractivity contribution is -0.151. The van der Waals surface area contributed by atoms with Crippen molar-refractivity contribution in [3.8, 4) is 0 Å². The molecule has 3 aromatic rings. The van der Waals surface area contributed by atoms with E-state index >= 15 is 0 Å². The number of amides is 3. The molecule has 2 fully saturated rings. The molecule has 9 nitrogen and oxygen atoms in total. The number of fused-ring (bicyclic) bond motifs is 3. The molecule has 252 valence electrons. The Morgan fingerprint density at radius 1 is 0.979 bits per heavy atom. The van der Waals surface area contributed by atoms with Crippen LogP contribution in [0.5, 0.6) is 0 Å². The van der Waals surface area contributed by atoms with Gasteiger partial charge in [-0.05, 0) is 67.2 Å². The number of anilines is 2. The van der Waals surface area contributed by atoms with E-state index in [1.807, 2.05) is 97.7 Å². The Morgan fingerprint density at radius 3 is 2.40 bits per heavy atom. The number of hydrogen-bond acceptors (Lipinski definition) is 6. The molecule has 0 saturated carbocycles. The number of ether oxygens (including phenoxy) is 1. The highest BCUT2D eigenvalue weighted by Crippen LogP contribution is 2.59. The van der Waals surface area contributed by atoms with E-state index in [1.54, 1.807) is 9.80 Å². The van der Waals surface area contributed by atoms with Crippen LogP contribution in [0.15, 0.2) is 72.8 Å². The lowest BCUT2D eigenvalue weighted by Gasteiger charge is -2.37. The molecule has 3 aromatic carbocycles. The van der Waals surface area contributed by atoms with Crippen LogP contribution < -0.4 is 9.80 Å². The van der Waals surface area contributed by atoms with Crippen molar-refractivity contribution in [1.29, 1.82) is 0 Å². The van der Waals surface area contributed by atoms with E-state index in [2.05, 4.69) is 0 Å². The van der Waals surface area contributed by atoms with E-state index in [4.69, 9.17) is 4.74 Å². The minimum absolute atomic E-state index is 0.0124. The maximum absolute atomic E-state index is 14.8. The standard InChI is InChI=1S/C38H45N3O6Si/c1-25-36(48(2,3)46)33(21-35(44)40-23-28-11-5-4-10-27(28)20-30(40)24-42)47-38(25)31-12-6-7-13-32(31)41(37(38)45)22-26-15-17-29(18-16-26)39-19-9-8-14-34(39)43/h4-7,10-13,15-18,25,30,33,36,42,46H,8-9,14,19-24H2,1-3H3/t25-,30-,33+,36-,38+/m0/s1. The summed E-state index contributed by atoms with van der Waals surface area (Å²) in [5.74, 6) is -0.584. The van der Waals surface area contributed by atoms with Gasteiger partial charge in [-0.15, -0.1) is 0 Å². The highest BCUT2D eigenvalue weighted by molar-refractivity contribution is 6.71. The van der Waals surface area contributed by atoms with E-state index in [0.717, 1.165) is 53.0 Å².